The van der Waals surface area contributed by atoms with Crippen LogP contribution in [0.2, 0.25) is 0 Å². The number of hydrogen-bond acceptors (Lipinski definition) is 2. The highest BCUT2D eigenvalue weighted by molar-refractivity contribution is 7.98. The van der Waals surface area contributed by atoms with Gasteiger partial charge in [0.05, 0.1) is 12.0 Å². The van der Waals surface area contributed by atoms with Gasteiger partial charge >= 0.3 is 0 Å². The van der Waals surface area contributed by atoms with Gasteiger partial charge in [-0.3, -0.25) is 0 Å². The first-order valence-electron chi connectivity index (χ1n) is 3.47. The van der Waals surface area contributed by atoms with E-state index in [-0.39, 0.29) is 0 Å². The second-order valence-electron chi connectivity index (χ2n) is 2.31. The number of thioether (sulfide) groups is 1. The summed E-state index contributed by atoms with van der Waals surface area (Å²) in [5, 5.41) is 0. The SMILES string of the molecule is COc1cccc(C)c1SC. The standard InChI is InChI=1S/C9H12OS/c1-7-5-4-6-8(10-2)9(7)11-3/h4-6H,1-3H3. The summed E-state index contributed by atoms with van der Waals surface area (Å²) in [4.78, 5) is 1.23. The molecule has 1 aromatic rings. The van der Waals surface area contributed by atoms with Crippen molar-refractivity contribution in [2.75, 3.05) is 13.4 Å². The Morgan fingerprint density at radius 2 is 2.09 bits per heavy atom. The van der Waals surface area contributed by atoms with E-state index in [1.54, 1.807) is 18.9 Å². The van der Waals surface area contributed by atoms with Crippen LogP contribution in [-0.2, 0) is 0 Å². The van der Waals surface area contributed by atoms with Crippen LogP contribution < -0.4 is 4.74 Å². The molecule has 0 aliphatic rings. The molecule has 2 heteroatoms. The van der Waals surface area contributed by atoms with Crippen LogP contribution in [0.4, 0.5) is 0 Å². The molecule has 1 nitrogen and oxygen atoms in total. The molecule has 0 atom stereocenters. The van der Waals surface area contributed by atoms with E-state index in [0.29, 0.717) is 0 Å². The number of ether oxygens (including phenoxy) is 1. The van der Waals surface area contributed by atoms with E-state index in [1.165, 1.54) is 10.5 Å². The van der Waals surface area contributed by atoms with Crippen molar-refractivity contribution < 1.29 is 4.74 Å². The van der Waals surface area contributed by atoms with E-state index in [2.05, 4.69) is 19.2 Å². The summed E-state index contributed by atoms with van der Waals surface area (Å²) in [6.07, 6.45) is 2.06. The molecule has 0 aliphatic carbocycles. The van der Waals surface area contributed by atoms with Gasteiger partial charge in [0.1, 0.15) is 5.75 Å². The maximum absolute atomic E-state index is 5.20. The van der Waals surface area contributed by atoms with Crippen molar-refractivity contribution in [2.24, 2.45) is 0 Å². The van der Waals surface area contributed by atoms with Gasteiger partial charge in [-0.05, 0) is 24.8 Å². The first-order valence-corrected chi connectivity index (χ1v) is 4.69. The Kier molecular flexibility index (Phi) is 2.83. The lowest BCUT2D eigenvalue weighted by atomic mass is 10.2. The molecule has 60 valence electrons. The zero-order chi connectivity index (χ0) is 8.27. The van der Waals surface area contributed by atoms with Gasteiger partial charge in [-0.15, -0.1) is 11.8 Å². The molecule has 0 aliphatic heterocycles. The van der Waals surface area contributed by atoms with Gasteiger partial charge in [0.2, 0.25) is 0 Å². The van der Waals surface area contributed by atoms with Crippen LogP contribution in [0.1, 0.15) is 5.56 Å². The van der Waals surface area contributed by atoms with Crippen LogP contribution in [0, 0.1) is 6.92 Å². The van der Waals surface area contributed by atoms with Gasteiger partial charge < -0.3 is 4.74 Å². The molecule has 1 rings (SSSR count). The second kappa shape index (κ2) is 3.67. The van der Waals surface area contributed by atoms with E-state index >= 15 is 0 Å². The summed E-state index contributed by atoms with van der Waals surface area (Å²) in [6, 6.07) is 6.08. The zero-order valence-corrected chi connectivity index (χ0v) is 7.87. The highest BCUT2D eigenvalue weighted by atomic mass is 32.2. The summed E-state index contributed by atoms with van der Waals surface area (Å²) < 4.78 is 5.20. The third-order valence-electron chi connectivity index (χ3n) is 1.60. The molecule has 0 N–H and O–H groups in total. The van der Waals surface area contributed by atoms with Gasteiger partial charge in [0, 0.05) is 0 Å². The van der Waals surface area contributed by atoms with E-state index in [1.807, 2.05) is 12.1 Å². The van der Waals surface area contributed by atoms with E-state index in [0.717, 1.165) is 5.75 Å². The van der Waals surface area contributed by atoms with Crippen LogP contribution >= 0.6 is 11.8 Å². The largest absolute Gasteiger partial charge is 0.496 e. The number of methoxy groups -OCH3 is 1. The van der Waals surface area contributed by atoms with Crippen molar-refractivity contribution in [2.45, 2.75) is 11.8 Å². The van der Waals surface area contributed by atoms with Crippen molar-refractivity contribution in [3.63, 3.8) is 0 Å². The average Bonchev–Trinajstić information content (AvgIpc) is 2.04. The monoisotopic (exact) mass is 168 g/mol. The fourth-order valence-electron chi connectivity index (χ4n) is 1.05. The van der Waals surface area contributed by atoms with Crippen molar-refractivity contribution in [1.29, 1.82) is 0 Å². The van der Waals surface area contributed by atoms with Gasteiger partial charge in [-0.25, -0.2) is 0 Å². The fourth-order valence-corrected chi connectivity index (χ4v) is 1.79. The summed E-state index contributed by atoms with van der Waals surface area (Å²) in [5.41, 5.74) is 1.27. The van der Waals surface area contributed by atoms with Gasteiger partial charge in [-0.1, -0.05) is 12.1 Å². The average molecular weight is 168 g/mol. The van der Waals surface area contributed by atoms with Crippen molar-refractivity contribution in [3.05, 3.63) is 23.8 Å². The number of aryl methyl sites for hydroxylation is 1. The molecule has 0 heterocycles. The summed E-state index contributed by atoms with van der Waals surface area (Å²) >= 11 is 1.72. The van der Waals surface area contributed by atoms with Crippen molar-refractivity contribution in [3.8, 4) is 5.75 Å². The maximum atomic E-state index is 5.20. The smallest absolute Gasteiger partial charge is 0.132 e. The third-order valence-corrected chi connectivity index (χ3v) is 2.53. The Hall–Kier alpha value is -0.630. The number of hydrogen-bond donors (Lipinski definition) is 0. The second-order valence-corrected chi connectivity index (χ2v) is 3.13. The maximum Gasteiger partial charge on any atom is 0.132 e. The molecular weight excluding hydrogens is 156 g/mol. The molecule has 11 heavy (non-hydrogen) atoms. The first kappa shape index (κ1) is 8.47. The predicted molar refractivity (Wildman–Crippen MR) is 49.5 cm³/mol. The van der Waals surface area contributed by atoms with Crippen LogP contribution in [0.15, 0.2) is 23.1 Å². The highest BCUT2D eigenvalue weighted by Gasteiger charge is 2.02. The predicted octanol–water partition coefficient (Wildman–Crippen LogP) is 2.73. The molecule has 0 saturated heterocycles. The van der Waals surface area contributed by atoms with E-state index in [9.17, 15) is 0 Å². The Bertz CT molecular complexity index is 245. The van der Waals surface area contributed by atoms with Crippen LogP contribution in [-0.4, -0.2) is 13.4 Å². The lowest BCUT2D eigenvalue weighted by Crippen LogP contribution is -1.87. The first-order chi connectivity index (χ1) is 5.29. The van der Waals surface area contributed by atoms with Crippen molar-refractivity contribution >= 4 is 11.8 Å². The normalized spacial score (nSPS) is 9.73. The fraction of sp³-hybridized carbons (Fsp3) is 0.333. The zero-order valence-electron chi connectivity index (χ0n) is 7.05. The number of benzene rings is 1. The molecule has 1 aromatic carbocycles. The number of rotatable bonds is 2. The van der Waals surface area contributed by atoms with Crippen LogP contribution in [0.3, 0.4) is 0 Å². The molecule has 0 radical (unpaired) electrons. The Labute approximate surface area is 71.8 Å². The minimum atomic E-state index is 0.970. The van der Waals surface area contributed by atoms with E-state index in [4.69, 9.17) is 4.74 Å². The Morgan fingerprint density at radius 3 is 2.55 bits per heavy atom. The summed E-state index contributed by atoms with van der Waals surface area (Å²) in [6.45, 7) is 2.09. The van der Waals surface area contributed by atoms with Gasteiger partial charge in [0.25, 0.3) is 0 Å². The molecule has 0 spiro atoms. The van der Waals surface area contributed by atoms with Crippen LogP contribution in [0.5, 0.6) is 5.75 Å². The van der Waals surface area contributed by atoms with Gasteiger partial charge in [0.15, 0.2) is 0 Å². The molecule has 0 bridgehead atoms. The molecule has 0 saturated carbocycles. The molecule has 0 aromatic heterocycles. The molecule has 0 unspecified atom stereocenters. The van der Waals surface area contributed by atoms with Crippen LogP contribution in [0.25, 0.3) is 0 Å². The summed E-state index contributed by atoms with van der Waals surface area (Å²) in [5.74, 6) is 0.970. The molecule has 0 amide bonds. The van der Waals surface area contributed by atoms with Crippen molar-refractivity contribution in [1.82, 2.24) is 0 Å². The summed E-state index contributed by atoms with van der Waals surface area (Å²) in [7, 11) is 1.70. The quantitative estimate of drug-likeness (QED) is 0.628. The third kappa shape index (κ3) is 1.69. The lowest BCUT2D eigenvalue weighted by Gasteiger charge is -2.07. The topological polar surface area (TPSA) is 9.23 Å². The Morgan fingerprint density at radius 1 is 1.36 bits per heavy atom. The minimum absolute atomic E-state index is 0.970. The minimum Gasteiger partial charge on any atom is -0.496 e. The van der Waals surface area contributed by atoms with E-state index < -0.39 is 0 Å². The molecular formula is C9H12OS. The molecule has 0 fully saturated rings. The Balaban J connectivity index is 3.13. The lowest BCUT2D eigenvalue weighted by molar-refractivity contribution is 0.404. The highest BCUT2D eigenvalue weighted by Crippen LogP contribution is 2.29. The van der Waals surface area contributed by atoms with Gasteiger partial charge in [-0.2, -0.15) is 0 Å².